The fourth-order valence-corrected chi connectivity index (χ4v) is 1.31. The van der Waals surface area contributed by atoms with Crippen LogP contribution in [0.4, 0.5) is 29.2 Å². The standard InChI is InChI=1S/C6H7ClN2.C3H6N6/c7-4-1-5(8)3-6(9)2-4;4-1-7-2(5)9-3(6)8-1/h1-3H,8-9H2;(H6,4,5,6,7,8,9). The molecule has 2 aromatic rings. The highest BCUT2D eigenvalue weighted by atomic mass is 35.5. The number of benzene rings is 1. The molecule has 1 aromatic carbocycles. The fourth-order valence-electron chi connectivity index (χ4n) is 1.06. The normalized spacial score (nSPS) is 9.39. The molecule has 0 aliphatic heterocycles. The Labute approximate surface area is 108 Å². The summed E-state index contributed by atoms with van der Waals surface area (Å²) in [5.41, 5.74) is 27.4. The van der Waals surface area contributed by atoms with Crippen LogP contribution < -0.4 is 28.7 Å². The van der Waals surface area contributed by atoms with Gasteiger partial charge in [0.2, 0.25) is 17.8 Å². The summed E-state index contributed by atoms with van der Waals surface area (Å²) in [6, 6.07) is 4.96. The molecule has 10 N–H and O–H groups in total. The van der Waals surface area contributed by atoms with Gasteiger partial charge in [-0.1, -0.05) is 11.6 Å². The maximum Gasteiger partial charge on any atom is 0.226 e. The molecule has 8 nitrogen and oxygen atoms in total. The summed E-state index contributed by atoms with van der Waals surface area (Å²) in [7, 11) is 0. The molecule has 9 heteroatoms. The largest absolute Gasteiger partial charge is 0.399 e. The number of nitrogens with zero attached hydrogens (tertiary/aromatic N) is 3. The number of rotatable bonds is 0. The molecule has 0 aliphatic carbocycles. The molecule has 0 radical (unpaired) electrons. The second-order valence-electron chi connectivity index (χ2n) is 3.23. The van der Waals surface area contributed by atoms with Gasteiger partial charge < -0.3 is 28.7 Å². The highest BCUT2D eigenvalue weighted by Crippen LogP contribution is 2.17. The van der Waals surface area contributed by atoms with Gasteiger partial charge in [0, 0.05) is 16.4 Å². The Morgan fingerprint density at radius 1 is 0.667 bits per heavy atom. The minimum Gasteiger partial charge on any atom is -0.399 e. The fraction of sp³-hybridized carbons (Fsp3) is 0. The molecular formula is C9H13ClN8. The number of halogens is 1. The molecule has 0 saturated carbocycles. The molecular weight excluding hydrogens is 256 g/mol. The summed E-state index contributed by atoms with van der Waals surface area (Å²) in [5, 5.41) is 0.576. The molecule has 2 rings (SSSR count). The van der Waals surface area contributed by atoms with E-state index in [4.69, 9.17) is 40.3 Å². The Morgan fingerprint density at radius 3 is 1.28 bits per heavy atom. The van der Waals surface area contributed by atoms with E-state index in [9.17, 15) is 0 Å². The summed E-state index contributed by atoms with van der Waals surface area (Å²) in [6.45, 7) is 0. The minimum absolute atomic E-state index is 0.0417. The van der Waals surface area contributed by atoms with Crippen molar-refractivity contribution in [2.45, 2.75) is 0 Å². The summed E-state index contributed by atoms with van der Waals surface area (Å²) < 4.78 is 0. The van der Waals surface area contributed by atoms with E-state index < -0.39 is 0 Å². The first-order valence-electron chi connectivity index (χ1n) is 4.71. The molecule has 18 heavy (non-hydrogen) atoms. The van der Waals surface area contributed by atoms with Gasteiger partial charge in [-0.25, -0.2) is 0 Å². The molecule has 1 aromatic heterocycles. The first kappa shape index (κ1) is 13.6. The van der Waals surface area contributed by atoms with Crippen LogP contribution in [0.2, 0.25) is 5.02 Å². The van der Waals surface area contributed by atoms with E-state index in [1.165, 1.54) is 0 Å². The maximum atomic E-state index is 5.59. The number of hydrogen-bond acceptors (Lipinski definition) is 8. The minimum atomic E-state index is 0.0417. The van der Waals surface area contributed by atoms with Crippen LogP contribution in [0, 0.1) is 0 Å². The van der Waals surface area contributed by atoms with Gasteiger partial charge in [-0.05, 0) is 18.2 Å². The van der Waals surface area contributed by atoms with Crippen molar-refractivity contribution in [3.8, 4) is 0 Å². The van der Waals surface area contributed by atoms with Gasteiger partial charge in [0.1, 0.15) is 0 Å². The summed E-state index contributed by atoms with van der Waals surface area (Å²) in [4.78, 5) is 10.5. The van der Waals surface area contributed by atoms with Gasteiger partial charge in [0.05, 0.1) is 0 Å². The maximum absolute atomic E-state index is 5.59. The van der Waals surface area contributed by atoms with Gasteiger partial charge in [0.15, 0.2) is 0 Å². The third-order valence-corrected chi connectivity index (χ3v) is 1.85. The summed E-state index contributed by atoms with van der Waals surface area (Å²) >= 11 is 5.59. The number of hydrogen-bond donors (Lipinski definition) is 5. The Bertz CT molecular complexity index is 394. The average molecular weight is 269 g/mol. The Balaban J connectivity index is 0.000000180. The van der Waals surface area contributed by atoms with E-state index in [0.29, 0.717) is 16.4 Å². The smallest absolute Gasteiger partial charge is 0.226 e. The number of aromatic nitrogens is 3. The number of nitrogens with two attached hydrogens (primary N) is 5. The van der Waals surface area contributed by atoms with Crippen molar-refractivity contribution in [1.29, 1.82) is 0 Å². The zero-order chi connectivity index (χ0) is 13.7. The van der Waals surface area contributed by atoms with Crippen LogP contribution in [0.15, 0.2) is 18.2 Å². The monoisotopic (exact) mass is 268 g/mol. The molecule has 0 aliphatic rings. The van der Waals surface area contributed by atoms with Crippen LogP contribution in [-0.2, 0) is 0 Å². The first-order chi connectivity index (χ1) is 8.36. The predicted octanol–water partition coefficient (Wildman–Crippen LogP) is 0.123. The summed E-state index contributed by atoms with van der Waals surface area (Å²) in [6.07, 6.45) is 0. The number of anilines is 5. The van der Waals surface area contributed by atoms with Crippen molar-refractivity contribution in [2.24, 2.45) is 0 Å². The average Bonchev–Trinajstić information content (AvgIpc) is 2.12. The molecule has 0 bridgehead atoms. The first-order valence-corrected chi connectivity index (χ1v) is 5.08. The van der Waals surface area contributed by atoms with Gasteiger partial charge in [-0.2, -0.15) is 15.0 Å². The highest BCUT2D eigenvalue weighted by Gasteiger charge is 1.94. The van der Waals surface area contributed by atoms with Crippen LogP contribution in [0.5, 0.6) is 0 Å². The third kappa shape index (κ3) is 4.58. The number of nitrogen functional groups attached to an aromatic ring is 5. The van der Waals surface area contributed by atoms with Crippen LogP contribution >= 0.6 is 11.6 Å². The quantitative estimate of drug-likeness (QED) is 0.420. The van der Waals surface area contributed by atoms with Crippen molar-refractivity contribution >= 4 is 40.8 Å². The van der Waals surface area contributed by atoms with Crippen molar-refractivity contribution in [2.75, 3.05) is 28.7 Å². The van der Waals surface area contributed by atoms with E-state index in [1.54, 1.807) is 18.2 Å². The second-order valence-corrected chi connectivity index (χ2v) is 3.66. The molecule has 1 heterocycles. The lowest BCUT2D eigenvalue weighted by Crippen LogP contribution is -2.05. The van der Waals surface area contributed by atoms with E-state index in [1.807, 2.05) is 0 Å². The molecule has 0 amide bonds. The Morgan fingerprint density at radius 2 is 1.00 bits per heavy atom. The Hall–Kier alpha value is -2.48. The molecule has 0 spiro atoms. The third-order valence-electron chi connectivity index (χ3n) is 1.63. The van der Waals surface area contributed by atoms with Crippen LogP contribution in [0.25, 0.3) is 0 Å². The van der Waals surface area contributed by atoms with Crippen LogP contribution in [-0.4, -0.2) is 15.0 Å². The van der Waals surface area contributed by atoms with E-state index in [2.05, 4.69) is 15.0 Å². The topological polar surface area (TPSA) is 169 Å². The summed E-state index contributed by atoms with van der Waals surface area (Å²) in [5.74, 6) is 0.125. The SMILES string of the molecule is Nc1cc(N)cc(Cl)c1.Nc1nc(N)nc(N)n1. The second kappa shape index (κ2) is 5.73. The lowest BCUT2D eigenvalue weighted by atomic mass is 10.3. The van der Waals surface area contributed by atoms with Crippen molar-refractivity contribution < 1.29 is 0 Å². The molecule has 0 fully saturated rings. The van der Waals surface area contributed by atoms with Crippen LogP contribution in [0.1, 0.15) is 0 Å². The van der Waals surface area contributed by atoms with Gasteiger partial charge in [0.25, 0.3) is 0 Å². The lowest BCUT2D eigenvalue weighted by molar-refractivity contribution is 1.09. The Kier molecular flexibility index (Phi) is 4.33. The highest BCUT2D eigenvalue weighted by molar-refractivity contribution is 6.31. The van der Waals surface area contributed by atoms with Gasteiger partial charge >= 0.3 is 0 Å². The van der Waals surface area contributed by atoms with Gasteiger partial charge in [-0.3, -0.25) is 0 Å². The molecule has 96 valence electrons. The zero-order valence-electron chi connectivity index (χ0n) is 9.34. The molecule has 0 saturated heterocycles. The van der Waals surface area contributed by atoms with Crippen molar-refractivity contribution in [3.05, 3.63) is 23.2 Å². The van der Waals surface area contributed by atoms with E-state index >= 15 is 0 Å². The van der Waals surface area contributed by atoms with Crippen LogP contribution in [0.3, 0.4) is 0 Å². The van der Waals surface area contributed by atoms with Gasteiger partial charge in [-0.15, -0.1) is 0 Å². The molecule has 0 atom stereocenters. The predicted molar refractivity (Wildman–Crippen MR) is 73.3 cm³/mol. The molecule has 0 unspecified atom stereocenters. The van der Waals surface area contributed by atoms with Crippen molar-refractivity contribution in [3.63, 3.8) is 0 Å². The zero-order valence-corrected chi connectivity index (χ0v) is 10.1. The van der Waals surface area contributed by atoms with Crippen molar-refractivity contribution in [1.82, 2.24) is 15.0 Å². The van der Waals surface area contributed by atoms with E-state index in [0.717, 1.165) is 0 Å². The van der Waals surface area contributed by atoms with E-state index in [-0.39, 0.29) is 17.8 Å². The lowest BCUT2D eigenvalue weighted by Gasteiger charge is -1.95.